The molecule has 0 radical (unpaired) electrons. The number of hydrogen-bond donors (Lipinski definition) is 1. The Balaban J connectivity index is 1.64. The lowest BCUT2D eigenvalue weighted by Gasteiger charge is -2.21. The highest BCUT2D eigenvalue weighted by Crippen LogP contribution is 2.23. The molecular weight excluding hydrogens is 302 g/mol. The van der Waals surface area contributed by atoms with E-state index in [2.05, 4.69) is 5.32 Å². The van der Waals surface area contributed by atoms with Gasteiger partial charge in [0.05, 0.1) is 11.5 Å². The van der Waals surface area contributed by atoms with Crippen LogP contribution in [0, 0.1) is 5.92 Å². The van der Waals surface area contributed by atoms with Gasteiger partial charge in [0.25, 0.3) is 0 Å². The molecule has 0 amide bonds. The highest BCUT2D eigenvalue weighted by atomic mass is 32.2. The van der Waals surface area contributed by atoms with Crippen molar-refractivity contribution in [3.8, 4) is 0 Å². The van der Waals surface area contributed by atoms with Crippen LogP contribution in [-0.4, -0.2) is 34.4 Å². The number of nitrogens with one attached hydrogen (secondary N) is 1. The van der Waals surface area contributed by atoms with Crippen LogP contribution in [0.1, 0.15) is 18.6 Å². The molecule has 6 heteroatoms. The molecule has 1 aliphatic heterocycles. The number of sulfone groups is 1. The van der Waals surface area contributed by atoms with E-state index in [9.17, 15) is 8.42 Å². The first-order valence-electron chi connectivity index (χ1n) is 7.53. The predicted molar refractivity (Wildman–Crippen MR) is 84.6 cm³/mol. The maximum absolute atomic E-state index is 11.6. The maximum atomic E-state index is 11.6. The molecule has 0 aliphatic carbocycles. The summed E-state index contributed by atoms with van der Waals surface area (Å²) < 4.78 is 34.6. The van der Waals surface area contributed by atoms with Crippen LogP contribution in [0.5, 0.6) is 0 Å². The van der Waals surface area contributed by atoms with Crippen molar-refractivity contribution in [2.24, 2.45) is 5.92 Å². The molecule has 0 atom stereocenters. The Morgan fingerprint density at radius 3 is 2.77 bits per heavy atom. The van der Waals surface area contributed by atoms with Gasteiger partial charge in [0.2, 0.25) is 0 Å². The molecule has 5 nitrogen and oxygen atoms in total. The van der Waals surface area contributed by atoms with Gasteiger partial charge in [-0.2, -0.15) is 0 Å². The van der Waals surface area contributed by atoms with E-state index in [0.29, 0.717) is 23.0 Å². The summed E-state index contributed by atoms with van der Waals surface area (Å²) in [5, 5.41) is 4.13. The van der Waals surface area contributed by atoms with E-state index in [-0.39, 0.29) is 0 Å². The molecule has 1 aliphatic rings. The Bertz CT molecular complexity index is 745. The zero-order chi connectivity index (χ0) is 15.6. The van der Waals surface area contributed by atoms with Gasteiger partial charge in [-0.25, -0.2) is 8.42 Å². The topological polar surface area (TPSA) is 68.5 Å². The van der Waals surface area contributed by atoms with E-state index in [4.69, 9.17) is 9.15 Å². The lowest BCUT2D eigenvalue weighted by atomic mass is 9.99. The molecule has 0 unspecified atom stereocenters. The van der Waals surface area contributed by atoms with Crippen molar-refractivity contribution in [3.63, 3.8) is 0 Å². The lowest BCUT2D eigenvalue weighted by Crippen LogP contribution is -2.29. The van der Waals surface area contributed by atoms with Crippen LogP contribution >= 0.6 is 0 Å². The summed E-state index contributed by atoms with van der Waals surface area (Å²) in [5.41, 5.74) is 0.688. The molecule has 2 heterocycles. The Labute approximate surface area is 130 Å². The van der Waals surface area contributed by atoms with E-state index in [1.54, 1.807) is 18.2 Å². The Morgan fingerprint density at radius 1 is 1.27 bits per heavy atom. The molecule has 22 heavy (non-hydrogen) atoms. The number of fused-ring (bicyclic) bond motifs is 1. The number of piperidine rings is 1. The first kappa shape index (κ1) is 15.5. The zero-order valence-corrected chi connectivity index (χ0v) is 13.5. The van der Waals surface area contributed by atoms with Gasteiger partial charge in [-0.1, -0.05) is 0 Å². The first-order valence-corrected chi connectivity index (χ1v) is 9.42. The summed E-state index contributed by atoms with van der Waals surface area (Å²) in [6, 6.07) is 6.76. The second-order valence-corrected chi connectivity index (χ2v) is 7.91. The summed E-state index contributed by atoms with van der Waals surface area (Å²) in [5.74, 6) is 1.34. The quantitative estimate of drug-likeness (QED) is 0.915. The average molecular weight is 323 g/mol. The van der Waals surface area contributed by atoms with Crippen molar-refractivity contribution in [2.75, 3.05) is 26.0 Å². The minimum absolute atomic E-state index is 0.308. The number of benzene rings is 1. The summed E-state index contributed by atoms with van der Waals surface area (Å²) >= 11 is 0. The molecule has 1 saturated heterocycles. The van der Waals surface area contributed by atoms with Crippen molar-refractivity contribution in [1.29, 1.82) is 0 Å². The van der Waals surface area contributed by atoms with Crippen molar-refractivity contribution in [3.05, 3.63) is 30.0 Å². The van der Waals surface area contributed by atoms with Crippen molar-refractivity contribution in [1.82, 2.24) is 5.32 Å². The molecule has 1 N–H and O–H groups in total. The van der Waals surface area contributed by atoms with Crippen molar-refractivity contribution >= 4 is 20.8 Å². The van der Waals surface area contributed by atoms with Gasteiger partial charge in [-0.3, -0.25) is 0 Å². The largest absolute Gasteiger partial charge is 0.459 e. The minimum Gasteiger partial charge on any atom is -0.459 e. The molecule has 2 aromatic rings. The summed E-state index contributed by atoms with van der Waals surface area (Å²) in [4.78, 5) is 0.308. The molecule has 1 aromatic heterocycles. The number of ether oxygens (including phenoxy) is 1. The standard InChI is InChI=1S/C16H21NO4S/c1-22(18,19)15-2-3-16-13(9-15)8-14(21-16)11-20-10-12-4-6-17-7-5-12/h2-3,8-9,12,17H,4-7,10-11H2,1H3. The van der Waals surface area contributed by atoms with Gasteiger partial charge in [0.1, 0.15) is 18.0 Å². The Hall–Kier alpha value is -1.37. The SMILES string of the molecule is CS(=O)(=O)c1ccc2oc(COCC3CCNCC3)cc2c1. The number of furan rings is 1. The summed E-state index contributed by atoms with van der Waals surface area (Å²) in [7, 11) is -3.20. The van der Waals surface area contributed by atoms with Crippen LogP contribution in [0.2, 0.25) is 0 Å². The van der Waals surface area contributed by atoms with Gasteiger partial charge in [0, 0.05) is 11.6 Å². The normalized spacial score (nSPS) is 17.1. The van der Waals surface area contributed by atoms with E-state index in [1.807, 2.05) is 6.07 Å². The first-order chi connectivity index (χ1) is 10.5. The highest BCUT2D eigenvalue weighted by molar-refractivity contribution is 7.90. The zero-order valence-electron chi connectivity index (χ0n) is 12.7. The number of hydrogen-bond acceptors (Lipinski definition) is 5. The molecule has 0 bridgehead atoms. The highest BCUT2D eigenvalue weighted by Gasteiger charge is 2.14. The smallest absolute Gasteiger partial charge is 0.175 e. The molecule has 3 rings (SSSR count). The molecule has 1 aromatic carbocycles. The van der Waals surface area contributed by atoms with Gasteiger partial charge in [0.15, 0.2) is 9.84 Å². The van der Waals surface area contributed by atoms with Crippen LogP contribution in [-0.2, 0) is 21.2 Å². The number of rotatable bonds is 5. The fourth-order valence-electron chi connectivity index (χ4n) is 2.75. The molecule has 1 fully saturated rings. The van der Waals surface area contributed by atoms with Crippen LogP contribution in [0.25, 0.3) is 11.0 Å². The van der Waals surface area contributed by atoms with Crippen molar-refractivity contribution in [2.45, 2.75) is 24.3 Å². The molecule has 0 saturated carbocycles. The van der Waals surface area contributed by atoms with Gasteiger partial charge < -0.3 is 14.5 Å². The van der Waals surface area contributed by atoms with Gasteiger partial charge >= 0.3 is 0 Å². The Kier molecular flexibility index (Phi) is 4.52. The van der Waals surface area contributed by atoms with Crippen LogP contribution in [0.15, 0.2) is 33.6 Å². The van der Waals surface area contributed by atoms with E-state index in [0.717, 1.165) is 43.7 Å². The fourth-order valence-corrected chi connectivity index (χ4v) is 3.41. The molecular formula is C16H21NO4S. The van der Waals surface area contributed by atoms with E-state index in [1.165, 1.54) is 6.26 Å². The van der Waals surface area contributed by atoms with Gasteiger partial charge in [-0.05, 0) is 56.1 Å². The van der Waals surface area contributed by atoms with E-state index < -0.39 is 9.84 Å². The third-order valence-electron chi connectivity index (χ3n) is 4.02. The van der Waals surface area contributed by atoms with Gasteiger partial charge in [-0.15, -0.1) is 0 Å². The second kappa shape index (κ2) is 6.40. The fraction of sp³-hybridized carbons (Fsp3) is 0.500. The van der Waals surface area contributed by atoms with Crippen LogP contribution in [0.3, 0.4) is 0 Å². The Morgan fingerprint density at radius 2 is 2.05 bits per heavy atom. The minimum atomic E-state index is -3.20. The van der Waals surface area contributed by atoms with E-state index >= 15 is 0 Å². The second-order valence-electron chi connectivity index (χ2n) is 5.89. The van der Waals surface area contributed by atoms with Crippen molar-refractivity contribution < 1.29 is 17.6 Å². The molecule has 0 spiro atoms. The lowest BCUT2D eigenvalue weighted by molar-refractivity contribution is 0.0667. The predicted octanol–water partition coefficient (Wildman–Crippen LogP) is 2.35. The third-order valence-corrected chi connectivity index (χ3v) is 5.13. The van der Waals surface area contributed by atoms with Crippen LogP contribution < -0.4 is 5.32 Å². The summed E-state index contributed by atoms with van der Waals surface area (Å²) in [6.45, 7) is 3.29. The summed E-state index contributed by atoms with van der Waals surface area (Å²) in [6.07, 6.45) is 3.51. The van der Waals surface area contributed by atoms with Crippen LogP contribution in [0.4, 0.5) is 0 Å². The molecule has 120 valence electrons. The maximum Gasteiger partial charge on any atom is 0.175 e. The monoisotopic (exact) mass is 323 g/mol. The average Bonchev–Trinajstić information content (AvgIpc) is 2.89. The third kappa shape index (κ3) is 3.69.